The fraction of sp³-hybridized carbons (Fsp3) is 0.556. The lowest BCUT2D eigenvalue weighted by molar-refractivity contribution is -0.384. The molecule has 1 saturated carbocycles. The van der Waals surface area contributed by atoms with Gasteiger partial charge in [-0.05, 0) is 31.2 Å². The minimum atomic E-state index is -0.406. The summed E-state index contributed by atoms with van der Waals surface area (Å²) >= 11 is 0. The Kier molecular flexibility index (Phi) is 4.36. The topological polar surface area (TPSA) is 90.5 Å². The van der Waals surface area contributed by atoms with E-state index in [9.17, 15) is 14.9 Å². The van der Waals surface area contributed by atoms with Crippen LogP contribution in [0.25, 0.3) is 10.9 Å². The van der Waals surface area contributed by atoms with E-state index in [0.29, 0.717) is 18.6 Å². The fourth-order valence-electron chi connectivity index (χ4n) is 4.58. The van der Waals surface area contributed by atoms with Crippen LogP contribution in [0.4, 0.5) is 5.69 Å². The van der Waals surface area contributed by atoms with Gasteiger partial charge in [0.15, 0.2) is 0 Å². The zero-order chi connectivity index (χ0) is 18.3. The highest BCUT2D eigenvalue weighted by Gasteiger charge is 2.45. The first-order valence-corrected chi connectivity index (χ1v) is 9.02. The average molecular weight is 358 g/mol. The van der Waals surface area contributed by atoms with E-state index in [1.807, 2.05) is 4.68 Å². The lowest BCUT2D eigenvalue weighted by Crippen LogP contribution is -2.43. The number of methoxy groups -OCH3 is 1. The standard InChI is InChI=1S/C18H22N4O4/c1-26-18(23)17-9-12-4-2-3-5-15(12)20(17)11-21-16-7-6-14(22(24)25)8-13(16)10-19-21/h6-8,10,12,15,17H,2-5,9,11H2,1H3/t12-,15+,17-/m0/s1. The van der Waals surface area contributed by atoms with Crippen LogP contribution in [-0.4, -0.2) is 44.8 Å². The Hall–Kier alpha value is -2.48. The number of nitro groups is 1. The number of likely N-dealkylation sites (tertiary alicyclic amines) is 1. The van der Waals surface area contributed by atoms with Crippen molar-refractivity contribution in [1.29, 1.82) is 0 Å². The maximum absolute atomic E-state index is 12.3. The first-order valence-electron chi connectivity index (χ1n) is 9.02. The average Bonchev–Trinajstić information content (AvgIpc) is 3.23. The summed E-state index contributed by atoms with van der Waals surface area (Å²) in [4.78, 5) is 25.1. The third-order valence-electron chi connectivity index (χ3n) is 5.83. The summed E-state index contributed by atoms with van der Waals surface area (Å²) in [6.07, 6.45) is 7.12. The van der Waals surface area contributed by atoms with E-state index >= 15 is 0 Å². The highest BCUT2D eigenvalue weighted by Crippen LogP contribution is 2.40. The van der Waals surface area contributed by atoms with Gasteiger partial charge in [0.2, 0.25) is 0 Å². The number of carbonyl (C=O) groups is 1. The zero-order valence-corrected chi connectivity index (χ0v) is 14.7. The van der Waals surface area contributed by atoms with Crippen LogP contribution in [-0.2, 0) is 16.2 Å². The third kappa shape index (κ3) is 2.84. The van der Waals surface area contributed by atoms with Gasteiger partial charge in [0.1, 0.15) is 6.04 Å². The van der Waals surface area contributed by atoms with Gasteiger partial charge in [0.25, 0.3) is 5.69 Å². The first kappa shape index (κ1) is 17.0. The molecule has 0 spiro atoms. The smallest absolute Gasteiger partial charge is 0.323 e. The van der Waals surface area contributed by atoms with Crippen LogP contribution >= 0.6 is 0 Å². The number of nitro benzene ring substituents is 1. The Morgan fingerprint density at radius 1 is 1.38 bits per heavy atom. The van der Waals surface area contributed by atoms with Gasteiger partial charge in [0, 0.05) is 23.6 Å². The lowest BCUT2D eigenvalue weighted by Gasteiger charge is -2.33. The largest absolute Gasteiger partial charge is 0.468 e. The molecule has 8 heteroatoms. The Balaban J connectivity index is 1.64. The van der Waals surface area contributed by atoms with E-state index in [4.69, 9.17) is 4.74 Å². The van der Waals surface area contributed by atoms with E-state index in [1.54, 1.807) is 12.3 Å². The quantitative estimate of drug-likeness (QED) is 0.474. The molecule has 2 heterocycles. The molecule has 0 bridgehead atoms. The second-order valence-corrected chi connectivity index (χ2v) is 7.19. The van der Waals surface area contributed by atoms with E-state index < -0.39 is 4.92 Å². The molecule has 3 atom stereocenters. The molecular formula is C18H22N4O4. The van der Waals surface area contributed by atoms with Gasteiger partial charge in [-0.1, -0.05) is 12.8 Å². The zero-order valence-electron chi connectivity index (χ0n) is 14.7. The molecule has 8 nitrogen and oxygen atoms in total. The number of benzene rings is 1. The van der Waals surface area contributed by atoms with Gasteiger partial charge in [-0.3, -0.25) is 24.5 Å². The molecule has 138 valence electrons. The number of carbonyl (C=O) groups excluding carboxylic acids is 1. The number of ether oxygens (including phenoxy) is 1. The van der Waals surface area contributed by atoms with Crippen molar-refractivity contribution >= 4 is 22.6 Å². The number of aromatic nitrogens is 2. The second-order valence-electron chi connectivity index (χ2n) is 7.19. The molecule has 1 aliphatic carbocycles. The lowest BCUT2D eigenvalue weighted by atomic mass is 9.85. The monoisotopic (exact) mass is 358 g/mol. The van der Waals surface area contributed by atoms with Crippen molar-refractivity contribution in [1.82, 2.24) is 14.7 Å². The summed E-state index contributed by atoms with van der Waals surface area (Å²) < 4.78 is 6.86. The Morgan fingerprint density at radius 2 is 2.19 bits per heavy atom. The van der Waals surface area contributed by atoms with Gasteiger partial charge in [-0.2, -0.15) is 5.10 Å². The molecule has 1 aromatic carbocycles. The van der Waals surface area contributed by atoms with Gasteiger partial charge < -0.3 is 4.74 Å². The molecule has 0 amide bonds. The molecule has 1 aliphatic heterocycles. The molecule has 1 saturated heterocycles. The molecule has 0 N–H and O–H groups in total. The van der Waals surface area contributed by atoms with Crippen molar-refractivity contribution in [3.8, 4) is 0 Å². The number of hydrogen-bond donors (Lipinski definition) is 0. The summed E-state index contributed by atoms with van der Waals surface area (Å²) in [7, 11) is 1.44. The number of hydrogen-bond acceptors (Lipinski definition) is 6. The predicted octanol–water partition coefficient (Wildman–Crippen LogP) is 2.71. The number of rotatable bonds is 4. The van der Waals surface area contributed by atoms with Gasteiger partial charge >= 0.3 is 5.97 Å². The van der Waals surface area contributed by atoms with Crippen molar-refractivity contribution in [3.63, 3.8) is 0 Å². The summed E-state index contributed by atoms with van der Waals surface area (Å²) in [6.45, 7) is 0.488. The van der Waals surface area contributed by atoms with Crippen LogP contribution in [0.5, 0.6) is 0 Å². The van der Waals surface area contributed by atoms with E-state index in [0.717, 1.165) is 30.2 Å². The van der Waals surface area contributed by atoms with Crippen LogP contribution in [0.1, 0.15) is 32.1 Å². The third-order valence-corrected chi connectivity index (χ3v) is 5.83. The highest BCUT2D eigenvalue weighted by atomic mass is 16.6. The number of nitrogens with zero attached hydrogens (tertiary/aromatic N) is 4. The van der Waals surface area contributed by atoms with E-state index in [2.05, 4.69) is 10.00 Å². The van der Waals surface area contributed by atoms with Crippen LogP contribution in [0.3, 0.4) is 0 Å². The Bertz CT molecular complexity index is 849. The maximum Gasteiger partial charge on any atom is 0.323 e. The number of esters is 1. The molecule has 1 aromatic heterocycles. The Labute approximate surface area is 150 Å². The number of non-ortho nitro benzene ring substituents is 1. The van der Waals surface area contributed by atoms with Crippen molar-refractivity contribution in [2.24, 2.45) is 5.92 Å². The summed E-state index contributed by atoms with van der Waals surface area (Å²) in [5, 5.41) is 16.1. The van der Waals surface area contributed by atoms with Crippen LogP contribution in [0, 0.1) is 16.0 Å². The predicted molar refractivity (Wildman–Crippen MR) is 94.4 cm³/mol. The molecule has 2 aromatic rings. The highest BCUT2D eigenvalue weighted by molar-refractivity contribution is 5.81. The van der Waals surface area contributed by atoms with Crippen molar-refractivity contribution in [2.45, 2.75) is 50.9 Å². The summed E-state index contributed by atoms with van der Waals surface area (Å²) in [5.74, 6) is 0.335. The Morgan fingerprint density at radius 3 is 2.96 bits per heavy atom. The molecular weight excluding hydrogens is 336 g/mol. The summed E-state index contributed by atoms with van der Waals surface area (Å²) in [6, 6.07) is 4.87. The molecule has 26 heavy (non-hydrogen) atoms. The van der Waals surface area contributed by atoms with Crippen LogP contribution in [0.15, 0.2) is 24.4 Å². The summed E-state index contributed by atoms with van der Waals surface area (Å²) in [5.41, 5.74) is 0.886. The van der Waals surface area contributed by atoms with E-state index in [-0.39, 0.29) is 17.7 Å². The van der Waals surface area contributed by atoms with Crippen LogP contribution in [0.2, 0.25) is 0 Å². The van der Waals surface area contributed by atoms with Gasteiger partial charge in [-0.25, -0.2) is 0 Å². The van der Waals surface area contributed by atoms with Gasteiger partial charge in [0.05, 0.1) is 30.4 Å². The van der Waals surface area contributed by atoms with Gasteiger partial charge in [-0.15, -0.1) is 0 Å². The van der Waals surface area contributed by atoms with Crippen molar-refractivity contribution in [3.05, 3.63) is 34.5 Å². The second kappa shape index (κ2) is 6.68. The molecule has 4 rings (SSSR count). The van der Waals surface area contributed by atoms with E-state index in [1.165, 1.54) is 32.1 Å². The van der Waals surface area contributed by atoms with Crippen molar-refractivity contribution in [2.75, 3.05) is 7.11 Å². The fourth-order valence-corrected chi connectivity index (χ4v) is 4.58. The minimum absolute atomic E-state index is 0.0537. The first-order chi connectivity index (χ1) is 12.6. The normalized spacial score (nSPS) is 26.0. The molecule has 2 fully saturated rings. The molecule has 2 aliphatic rings. The van der Waals surface area contributed by atoms with Crippen molar-refractivity contribution < 1.29 is 14.5 Å². The number of fused-ring (bicyclic) bond motifs is 2. The SMILES string of the molecule is COC(=O)[C@@H]1C[C@@H]2CCCC[C@H]2N1Cn1ncc2cc([N+](=O)[O-])ccc21. The molecule has 0 radical (unpaired) electrons. The molecule has 0 unspecified atom stereocenters. The minimum Gasteiger partial charge on any atom is -0.468 e. The maximum atomic E-state index is 12.3. The van der Waals surface area contributed by atoms with Crippen LogP contribution < -0.4 is 0 Å².